The highest BCUT2D eigenvalue weighted by Gasteiger charge is 2.40. The molecule has 0 aliphatic rings. The molecule has 1 aromatic carbocycles. The molecule has 1 amide bonds. The van der Waals surface area contributed by atoms with Crippen molar-refractivity contribution in [1.29, 1.82) is 0 Å². The zero-order valence-electron chi connectivity index (χ0n) is 10.1. The van der Waals surface area contributed by atoms with E-state index in [-0.39, 0.29) is 0 Å². The smallest absolute Gasteiger partial charge is 0.320 e. The predicted molar refractivity (Wildman–Crippen MR) is 61.6 cm³/mol. The first-order valence-corrected chi connectivity index (χ1v) is 5.30. The molecule has 0 spiro atoms. The molecule has 0 saturated heterocycles. The van der Waals surface area contributed by atoms with Gasteiger partial charge in [-0.2, -0.15) is 13.2 Å². The molecule has 0 saturated carbocycles. The van der Waals surface area contributed by atoms with Gasteiger partial charge in [0.15, 0.2) is 0 Å². The Labute approximate surface area is 106 Å². The van der Waals surface area contributed by atoms with Crippen LogP contribution in [-0.2, 0) is 11.0 Å². The minimum Gasteiger partial charge on any atom is -0.320 e. The lowest BCUT2D eigenvalue weighted by atomic mass is 10.1. The third kappa shape index (κ3) is 3.43. The molecule has 0 heterocycles. The Morgan fingerprint density at radius 3 is 2.37 bits per heavy atom. The summed E-state index contributed by atoms with van der Waals surface area (Å²) in [5, 5.41) is 12.9. The molecule has 0 bridgehead atoms. The number of carbonyl (C=O) groups excluding carboxylic acids is 1. The summed E-state index contributed by atoms with van der Waals surface area (Å²) >= 11 is 0. The highest BCUT2D eigenvalue weighted by Crippen LogP contribution is 2.40. The standard InChI is InChI=1S/C11H11F3N2O3/c1-6(2)10(17)15-8-5-3-4-7(11(12,13)14)9(8)16(18)19/h3-6H,1-2H3,(H,15,17). The van der Waals surface area contributed by atoms with Gasteiger partial charge in [-0.15, -0.1) is 0 Å². The highest BCUT2D eigenvalue weighted by molar-refractivity contribution is 5.94. The fourth-order valence-electron chi connectivity index (χ4n) is 1.35. The third-order valence-corrected chi connectivity index (χ3v) is 2.31. The van der Waals surface area contributed by atoms with Crippen molar-refractivity contribution in [2.75, 3.05) is 5.32 Å². The van der Waals surface area contributed by atoms with Gasteiger partial charge in [0.05, 0.1) is 4.92 Å². The topological polar surface area (TPSA) is 72.2 Å². The van der Waals surface area contributed by atoms with Gasteiger partial charge in [0, 0.05) is 5.92 Å². The molecule has 1 rings (SSSR count). The van der Waals surface area contributed by atoms with Crippen molar-refractivity contribution < 1.29 is 22.9 Å². The number of hydrogen-bond donors (Lipinski definition) is 1. The van der Waals surface area contributed by atoms with Gasteiger partial charge in [0.25, 0.3) is 0 Å². The summed E-state index contributed by atoms with van der Waals surface area (Å²) < 4.78 is 38.0. The average molecular weight is 276 g/mol. The SMILES string of the molecule is CC(C)C(=O)Nc1cccc(C(F)(F)F)c1[N+](=O)[O-]. The second-order valence-electron chi connectivity index (χ2n) is 4.10. The fraction of sp³-hybridized carbons (Fsp3) is 0.364. The summed E-state index contributed by atoms with van der Waals surface area (Å²) in [6, 6.07) is 2.67. The van der Waals surface area contributed by atoms with Crippen molar-refractivity contribution in [2.45, 2.75) is 20.0 Å². The summed E-state index contributed by atoms with van der Waals surface area (Å²) in [6.45, 7) is 3.05. The van der Waals surface area contributed by atoms with Gasteiger partial charge in [-0.3, -0.25) is 14.9 Å². The Hall–Kier alpha value is -2.12. The summed E-state index contributed by atoms with van der Waals surface area (Å²) in [5.74, 6) is -1.10. The van der Waals surface area contributed by atoms with Crippen LogP contribution in [0.4, 0.5) is 24.5 Å². The summed E-state index contributed by atoms with van der Waals surface area (Å²) in [7, 11) is 0. The van der Waals surface area contributed by atoms with Gasteiger partial charge in [-0.05, 0) is 12.1 Å². The summed E-state index contributed by atoms with van der Waals surface area (Å²) in [4.78, 5) is 21.1. The highest BCUT2D eigenvalue weighted by atomic mass is 19.4. The van der Waals surface area contributed by atoms with Gasteiger partial charge in [-0.25, -0.2) is 0 Å². The fourth-order valence-corrected chi connectivity index (χ4v) is 1.35. The molecule has 0 atom stereocenters. The van der Waals surface area contributed by atoms with Crippen molar-refractivity contribution >= 4 is 17.3 Å². The van der Waals surface area contributed by atoms with Gasteiger partial charge < -0.3 is 5.32 Å². The number of nitro benzene ring substituents is 1. The Morgan fingerprint density at radius 2 is 1.95 bits per heavy atom. The van der Waals surface area contributed by atoms with E-state index in [9.17, 15) is 28.1 Å². The van der Waals surface area contributed by atoms with Crippen LogP contribution in [0.5, 0.6) is 0 Å². The van der Waals surface area contributed by atoms with Crippen LogP contribution >= 0.6 is 0 Å². The number of nitrogens with zero attached hydrogens (tertiary/aromatic N) is 1. The van der Waals surface area contributed by atoms with Crippen molar-refractivity contribution in [3.8, 4) is 0 Å². The van der Waals surface area contributed by atoms with Crippen LogP contribution in [0.25, 0.3) is 0 Å². The first-order chi connectivity index (χ1) is 8.64. The zero-order chi connectivity index (χ0) is 14.8. The number of nitro groups is 1. The van der Waals surface area contributed by atoms with E-state index in [2.05, 4.69) is 5.32 Å². The maximum absolute atomic E-state index is 12.7. The molecule has 104 valence electrons. The van der Waals surface area contributed by atoms with E-state index in [1.807, 2.05) is 0 Å². The van der Waals surface area contributed by atoms with Crippen molar-refractivity contribution in [3.05, 3.63) is 33.9 Å². The number of alkyl halides is 3. The molecule has 0 aromatic heterocycles. The van der Waals surface area contributed by atoms with E-state index < -0.39 is 39.9 Å². The normalized spacial score (nSPS) is 11.5. The Morgan fingerprint density at radius 1 is 1.37 bits per heavy atom. The van der Waals surface area contributed by atoms with Gasteiger partial charge in [-0.1, -0.05) is 19.9 Å². The van der Waals surface area contributed by atoms with Crippen LogP contribution in [0.3, 0.4) is 0 Å². The lowest BCUT2D eigenvalue weighted by Crippen LogP contribution is -2.19. The molecule has 19 heavy (non-hydrogen) atoms. The molecule has 8 heteroatoms. The molecule has 0 aliphatic carbocycles. The van der Waals surface area contributed by atoms with Crippen LogP contribution < -0.4 is 5.32 Å². The second kappa shape index (κ2) is 5.25. The monoisotopic (exact) mass is 276 g/mol. The van der Waals surface area contributed by atoms with Gasteiger partial charge >= 0.3 is 11.9 Å². The molecular formula is C11H11F3N2O3. The van der Waals surface area contributed by atoms with Gasteiger partial charge in [0.1, 0.15) is 11.3 Å². The van der Waals surface area contributed by atoms with Crippen LogP contribution in [0.15, 0.2) is 18.2 Å². The van der Waals surface area contributed by atoms with E-state index in [0.717, 1.165) is 12.1 Å². The summed E-state index contributed by atoms with van der Waals surface area (Å²) in [6.07, 6.45) is -4.86. The molecular weight excluding hydrogens is 265 g/mol. The predicted octanol–water partition coefficient (Wildman–Crippen LogP) is 3.21. The molecule has 0 radical (unpaired) electrons. The second-order valence-corrected chi connectivity index (χ2v) is 4.10. The first kappa shape index (κ1) is 14.9. The van der Waals surface area contributed by atoms with Crippen LogP contribution in [0.1, 0.15) is 19.4 Å². The molecule has 0 unspecified atom stereocenters. The Bertz CT molecular complexity index is 512. The van der Waals surface area contributed by atoms with E-state index in [1.54, 1.807) is 0 Å². The van der Waals surface area contributed by atoms with Crippen molar-refractivity contribution in [1.82, 2.24) is 0 Å². The Balaban J connectivity index is 3.33. The molecule has 1 N–H and O–H groups in total. The zero-order valence-corrected chi connectivity index (χ0v) is 10.1. The largest absolute Gasteiger partial charge is 0.423 e. The maximum atomic E-state index is 12.7. The molecule has 0 fully saturated rings. The minimum atomic E-state index is -4.86. The molecule has 5 nitrogen and oxygen atoms in total. The summed E-state index contributed by atoms with van der Waals surface area (Å²) in [5.41, 5.74) is -3.00. The van der Waals surface area contributed by atoms with Crippen molar-refractivity contribution in [3.63, 3.8) is 0 Å². The third-order valence-electron chi connectivity index (χ3n) is 2.31. The number of halogens is 3. The van der Waals surface area contributed by atoms with Crippen LogP contribution in [-0.4, -0.2) is 10.8 Å². The van der Waals surface area contributed by atoms with E-state index in [4.69, 9.17) is 0 Å². The van der Waals surface area contributed by atoms with Gasteiger partial charge in [0.2, 0.25) is 5.91 Å². The quantitative estimate of drug-likeness (QED) is 0.680. The number of nitrogens with one attached hydrogen (secondary N) is 1. The van der Waals surface area contributed by atoms with E-state index >= 15 is 0 Å². The minimum absolute atomic E-state index is 0.460. The number of hydrogen-bond acceptors (Lipinski definition) is 3. The van der Waals surface area contributed by atoms with E-state index in [1.165, 1.54) is 13.8 Å². The van der Waals surface area contributed by atoms with Crippen LogP contribution in [0.2, 0.25) is 0 Å². The maximum Gasteiger partial charge on any atom is 0.423 e. The van der Waals surface area contributed by atoms with E-state index in [0.29, 0.717) is 6.07 Å². The van der Waals surface area contributed by atoms with Crippen molar-refractivity contribution in [2.24, 2.45) is 5.92 Å². The molecule has 1 aromatic rings. The number of anilines is 1. The Kier molecular flexibility index (Phi) is 4.13. The van der Waals surface area contributed by atoms with Crippen LogP contribution in [0, 0.1) is 16.0 Å². The molecule has 0 aliphatic heterocycles. The number of rotatable bonds is 3. The number of amides is 1. The lowest BCUT2D eigenvalue weighted by molar-refractivity contribution is -0.387. The lowest BCUT2D eigenvalue weighted by Gasteiger charge is -2.12. The average Bonchev–Trinajstić information content (AvgIpc) is 2.26. The first-order valence-electron chi connectivity index (χ1n) is 5.30. The number of para-hydroxylation sites is 1. The number of benzene rings is 1. The number of carbonyl (C=O) groups is 1.